The monoisotopic (exact) mass is 1020 g/mol. The molecule has 2 aliphatic rings. The van der Waals surface area contributed by atoms with Gasteiger partial charge in [-0.15, -0.1) is 11.6 Å². The van der Waals surface area contributed by atoms with Crippen LogP contribution in [0.5, 0.6) is 0 Å². The molecule has 1 saturated carbocycles. The molecule has 3 amide bonds. The predicted octanol–water partition coefficient (Wildman–Crippen LogP) is 10.5. The summed E-state index contributed by atoms with van der Waals surface area (Å²) in [4.78, 5) is 54.2. The molecule has 6 atom stereocenters. The van der Waals surface area contributed by atoms with Crippen LogP contribution in [0.1, 0.15) is 67.9 Å². The van der Waals surface area contributed by atoms with Crippen LogP contribution in [0, 0.1) is 17.8 Å². The summed E-state index contributed by atoms with van der Waals surface area (Å²) < 4.78 is 30.8. The van der Waals surface area contributed by atoms with Gasteiger partial charge in [0.25, 0.3) is 5.91 Å². The van der Waals surface area contributed by atoms with Crippen molar-refractivity contribution in [2.24, 2.45) is 32.6 Å². The Morgan fingerprint density at radius 2 is 1.30 bits per heavy atom. The fourth-order valence-electron chi connectivity index (χ4n) is 8.97. The summed E-state index contributed by atoms with van der Waals surface area (Å²) in [6.45, 7) is 20.6. The summed E-state index contributed by atoms with van der Waals surface area (Å²) in [5.74, 6) is -3.13. The summed E-state index contributed by atoms with van der Waals surface area (Å²) >= 11 is 7.92. The maximum atomic E-state index is 16.4. The van der Waals surface area contributed by atoms with Crippen LogP contribution in [0.15, 0.2) is 136 Å². The highest BCUT2D eigenvalue weighted by atomic mass is 35.5. The fraction of sp³-hybridized carbons (Fsp3) is 0.472. The molecule has 0 aromatic heterocycles. The van der Waals surface area contributed by atoms with E-state index < -0.39 is 79.4 Å². The first-order valence-corrected chi connectivity index (χ1v) is 29.1. The first kappa shape index (κ1) is 54.9. The van der Waals surface area contributed by atoms with Crippen molar-refractivity contribution in [3.05, 3.63) is 137 Å². The molecule has 71 heavy (non-hydrogen) atoms. The van der Waals surface area contributed by atoms with Gasteiger partial charge in [0.05, 0.1) is 31.7 Å². The van der Waals surface area contributed by atoms with E-state index in [1.165, 1.54) is 4.90 Å². The Morgan fingerprint density at radius 1 is 0.803 bits per heavy atom. The van der Waals surface area contributed by atoms with Gasteiger partial charge in [-0.2, -0.15) is 0 Å². The average Bonchev–Trinajstić information content (AvgIpc) is 3.71. The largest absolute Gasteiger partial charge is 0.444 e. The minimum atomic E-state index is -3.12. The quantitative estimate of drug-likeness (QED) is 0.0279. The number of carbonyl (C=O) groups excluding carboxylic acids is 3. The van der Waals surface area contributed by atoms with Crippen LogP contribution < -0.4 is 26.5 Å². The molecule has 2 N–H and O–H groups in total. The lowest BCUT2D eigenvalue weighted by molar-refractivity contribution is -0.137. The van der Waals surface area contributed by atoms with Crippen LogP contribution in [0.3, 0.4) is 0 Å². The van der Waals surface area contributed by atoms with Gasteiger partial charge in [-0.25, -0.2) is 19.3 Å². The summed E-state index contributed by atoms with van der Waals surface area (Å²) in [6, 6.07) is 38.5. The molecule has 1 spiro atoms. The van der Waals surface area contributed by atoms with E-state index in [1.807, 2.05) is 121 Å². The summed E-state index contributed by atoms with van der Waals surface area (Å²) in [5.41, 5.74) is 7.16. The van der Waals surface area contributed by atoms with Gasteiger partial charge in [0.15, 0.2) is 13.9 Å². The van der Waals surface area contributed by atoms with E-state index in [-0.39, 0.29) is 44.0 Å². The van der Waals surface area contributed by atoms with Crippen molar-refractivity contribution in [2.45, 2.75) is 115 Å². The van der Waals surface area contributed by atoms with Gasteiger partial charge >= 0.3 is 12.2 Å². The standard InChI is InChI=1S/C53H70ClN8O7PSi/c1-50(2,3)68-48(64)56-32-42-41(33-57-61-55)44(43(58-49(65)69-51(4,5)6)35-67-71(10,11)52(7,8)9)53(45(42)54)46(63)62(36-66-34-37-24-16-12-17-25-37)47(59-53)60-70(38-26-18-13-19-27-38,39-28-20-14-21-29-39)40-30-22-15-23-31-40/h12-31,41-45H,32-36H2,1-11H3,(H,56,64)(H,58,65). The number of nitrogens with one attached hydrogen (secondary N) is 2. The second-order valence-electron chi connectivity index (χ2n) is 21.6. The summed E-state index contributed by atoms with van der Waals surface area (Å²) in [5, 5.41) is 11.4. The molecule has 18 heteroatoms. The van der Waals surface area contributed by atoms with E-state index in [9.17, 15) is 15.1 Å². The molecular weight excluding hydrogens is 955 g/mol. The molecule has 1 aliphatic heterocycles. The van der Waals surface area contributed by atoms with Crippen molar-refractivity contribution < 1.29 is 33.0 Å². The van der Waals surface area contributed by atoms with E-state index in [2.05, 4.69) is 54.5 Å². The average molecular weight is 1030 g/mol. The number of ether oxygens (including phenoxy) is 3. The third-order valence-corrected chi connectivity index (χ3v) is 22.0. The SMILES string of the molecule is CC(C)(C)OC(=O)NCC1C(CN=[N+]=[N-])C(C(CO[Si](C)(C)C(C)(C)C)NC(=O)OC(C)(C)C)C2(N=C(N=P(c3ccccc3)(c3ccccc3)c3ccccc3)N(COCc3ccccc3)C2=O)C1Cl. The molecule has 4 aromatic carbocycles. The number of azide groups is 1. The third kappa shape index (κ3) is 12.8. The van der Waals surface area contributed by atoms with Gasteiger partial charge < -0.3 is 29.3 Å². The maximum Gasteiger partial charge on any atom is 0.407 e. The number of amides is 3. The molecule has 0 bridgehead atoms. The number of hydrogen-bond donors (Lipinski definition) is 2. The van der Waals surface area contributed by atoms with E-state index in [4.69, 9.17) is 40.0 Å². The lowest BCUT2D eigenvalue weighted by Gasteiger charge is -2.41. The Bertz CT molecular complexity index is 2500. The van der Waals surface area contributed by atoms with E-state index in [0.29, 0.717) is 0 Å². The highest BCUT2D eigenvalue weighted by Gasteiger charge is 2.69. The molecule has 0 saturated heterocycles. The lowest BCUT2D eigenvalue weighted by atomic mass is 9.77. The van der Waals surface area contributed by atoms with Crippen LogP contribution >= 0.6 is 18.7 Å². The van der Waals surface area contributed by atoms with Crippen molar-refractivity contribution in [2.75, 3.05) is 26.4 Å². The third-order valence-electron chi connectivity index (χ3n) is 13.2. The second kappa shape index (κ2) is 22.5. The van der Waals surface area contributed by atoms with Crippen molar-refractivity contribution in [3.8, 4) is 0 Å². The minimum absolute atomic E-state index is 0.0632. The summed E-state index contributed by atoms with van der Waals surface area (Å²) in [6.07, 6.45) is -1.47. The molecule has 1 heterocycles. The van der Waals surface area contributed by atoms with Crippen LogP contribution in [-0.2, 0) is 30.0 Å². The Labute approximate surface area is 425 Å². The Kier molecular flexibility index (Phi) is 17.4. The highest BCUT2D eigenvalue weighted by molar-refractivity contribution is 7.87. The number of alkyl halides is 1. The van der Waals surface area contributed by atoms with Crippen molar-refractivity contribution >= 4 is 66.9 Å². The molecule has 1 fully saturated rings. The second-order valence-corrected chi connectivity index (χ2v) is 29.9. The molecule has 15 nitrogen and oxygen atoms in total. The van der Waals surface area contributed by atoms with Crippen molar-refractivity contribution in [1.82, 2.24) is 15.5 Å². The first-order chi connectivity index (χ1) is 33.4. The zero-order chi connectivity index (χ0) is 51.8. The molecule has 0 radical (unpaired) electrons. The number of carbonyl (C=O) groups is 3. The maximum absolute atomic E-state index is 16.4. The molecule has 1 aliphatic carbocycles. The number of benzene rings is 4. The van der Waals surface area contributed by atoms with E-state index in [0.717, 1.165) is 21.5 Å². The van der Waals surface area contributed by atoms with Crippen LogP contribution in [0.2, 0.25) is 18.1 Å². The predicted molar refractivity (Wildman–Crippen MR) is 285 cm³/mol. The van der Waals surface area contributed by atoms with Crippen molar-refractivity contribution in [3.63, 3.8) is 0 Å². The normalized spacial score (nSPS) is 21.0. The number of guanidine groups is 1. The number of hydrogen-bond acceptors (Lipinski definition) is 10. The Hall–Kier alpha value is -5.47. The number of halogens is 1. The van der Waals surface area contributed by atoms with Crippen LogP contribution in [-0.4, -0.2) is 91.9 Å². The molecule has 6 rings (SSSR count). The van der Waals surface area contributed by atoms with Gasteiger partial charge in [-0.1, -0.05) is 147 Å². The lowest BCUT2D eigenvalue weighted by Crippen LogP contribution is -2.60. The zero-order valence-electron chi connectivity index (χ0n) is 42.8. The molecule has 4 aromatic rings. The highest BCUT2D eigenvalue weighted by Crippen LogP contribution is 2.56. The van der Waals surface area contributed by atoms with Gasteiger partial charge in [0, 0.05) is 39.8 Å². The van der Waals surface area contributed by atoms with Crippen LogP contribution in [0.4, 0.5) is 9.59 Å². The Balaban J connectivity index is 1.69. The first-order valence-electron chi connectivity index (χ1n) is 24.0. The smallest absolute Gasteiger partial charge is 0.407 e. The molecule has 380 valence electrons. The molecular formula is C53H70ClN8O7PSi. The fourth-order valence-corrected chi connectivity index (χ4v) is 14.0. The van der Waals surface area contributed by atoms with Gasteiger partial charge in [0.1, 0.15) is 17.9 Å². The number of rotatable bonds is 16. The summed E-state index contributed by atoms with van der Waals surface area (Å²) in [7, 11) is -5.70. The van der Waals surface area contributed by atoms with E-state index in [1.54, 1.807) is 41.5 Å². The number of aliphatic imine (C=N–C) groups is 1. The number of alkyl carbamates (subject to hydrolysis) is 2. The molecule has 6 unspecified atom stereocenters. The van der Waals surface area contributed by atoms with Gasteiger partial charge in [-0.3, -0.25) is 9.69 Å². The van der Waals surface area contributed by atoms with E-state index >= 15 is 4.79 Å². The van der Waals surface area contributed by atoms with Crippen molar-refractivity contribution in [1.29, 1.82) is 0 Å². The zero-order valence-corrected chi connectivity index (χ0v) is 45.5. The van der Waals surface area contributed by atoms with Crippen LogP contribution in [0.25, 0.3) is 10.4 Å². The Morgan fingerprint density at radius 3 is 1.77 bits per heavy atom. The van der Waals surface area contributed by atoms with Gasteiger partial charge in [0.2, 0.25) is 5.96 Å². The topological polar surface area (TPSA) is 189 Å². The minimum Gasteiger partial charge on any atom is -0.444 e. The number of nitrogens with zero attached hydrogens (tertiary/aromatic N) is 6. The van der Waals surface area contributed by atoms with Gasteiger partial charge in [-0.05, 0) is 82.6 Å².